The van der Waals surface area contributed by atoms with Gasteiger partial charge in [-0.3, -0.25) is 9.20 Å². The number of thiazole rings is 1. The lowest BCUT2D eigenvalue weighted by molar-refractivity contribution is 0.104. The Hall–Kier alpha value is -1.91. The average Bonchev–Trinajstić information content (AvgIpc) is 2.97. The number of aryl methyl sites for hydroxylation is 1. The molecule has 1 aromatic carbocycles. The van der Waals surface area contributed by atoms with E-state index in [0.717, 1.165) is 16.2 Å². The maximum absolute atomic E-state index is 12.1. The van der Waals surface area contributed by atoms with E-state index in [2.05, 4.69) is 4.98 Å². The molecule has 3 nitrogen and oxygen atoms in total. The van der Waals surface area contributed by atoms with Gasteiger partial charge in [0, 0.05) is 17.1 Å². The van der Waals surface area contributed by atoms with Crippen molar-refractivity contribution in [3.05, 3.63) is 63.9 Å². The van der Waals surface area contributed by atoms with Crippen molar-refractivity contribution in [3.8, 4) is 0 Å². The van der Waals surface area contributed by atoms with Crippen LogP contribution in [0.2, 0.25) is 5.15 Å². The Bertz CT molecular complexity index is 816. The molecule has 0 saturated carbocycles. The van der Waals surface area contributed by atoms with E-state index in [0.29, 0.717) is 10.7 Å². The molecule has 0 saturated heterocycles. The van der Waals surface area contributed by atoms with Gasteiger partial charge in [0.1, 0.15) is 0 Å². The number of fused-ring (bicyclic) bond motifs is 1. The Labute approximate surface area is 125 Å². The minimum atomic E-state index is -0.0463. The lowest BCUT2D eigenvalue weighted by Crippen LogP contribution is -1.94. The monoisotopic (exact) mass is 302 g/mol. The number of allylic oxidation sites excluding steroid dienone is 1. The number of benzene rings is 1. The minimum Gasteiger partial charge on any atom is -0.289 e. The SMILES string of the molecule is Cc1cccc(C(=O)/C=C/c2c(Cl)nc3sccn23)c1. The summed E-state index contributed by atoms with van der Waals surface area (Å²) in [7, 11) is 0. The second kappa shape index (κ2) is 5.23. The largest absolute Gasteiger partial charge is 0.289 e. The van der Waals surface area contributed by atoms with Crippen molar-refractivity contribution in [1.82, 2.24) is 9.38 Å². The molecule has 0 aliphatic rings. The molecule has 0 radical (unpaired) electrons. The third kappa shape index (κ3) is 2.40. The molecule has 0 N–H and O–H groups in total. The van der Waals surface area contributed by atoms with E-state index in [1.54, 1.807) is 12.1 Å². The van der Waals surface area contributed by atoms with Crippen molar-refractivity contribution in [2.24, 2.45) is 0 Å². The first-order valence-electron chi connectivity index (χ1n) is 6.05. The Morgan fingerprint density at radius 1 is 1.45 bits per heavy atom. The summed E-state index contributed by atoms with van der Waals surface area (Å²) in [5.41, 5.74) is 2.46. The van der Waals surface area contributed by atoms with Crippen LogP contribution in [0.4, 0.5) is 0 Å². The average molecular weight is 303 g/mol. The highest BCUT2D eigenvalue weighted by atomic mass is 35.5. The van der Waals surface area contributed by atoms with Crippen LogP contribution in [0.15, 0.2) is 41.9 Å². The summed E-state index contributed by atoms with van der Waals surface area (Å²) in [6.45, 7) is 1.96. The van der Waals surface area contributed by atoms with E-state index in [1.165, 1.54) is 17.4 Å². The third-order valence-electron chi connectivity index (χ3n) is 2.95. The third-order valence-corrected chi connectivity index (χ3v) is 3.98. The summed E-state index contributed by atoms with van der Waals surface area (Å²) in [4.78, 5) is 17.2. The topological polar surface area (TPSA) is 34.4 Å². The molecule has 0 fully saturated rings. The Morgan fingerprint density at radius 3 is 3.10 bits per heavy atom. The first-order chi connectivity index (χ1) is 9.65. The number of imidazole rings is 1. The Kier molecular flexibility index (Phi) is 3.42. The second-order valence-corrected chi connectivity index (χ2v) is 5.64. The van der Waals surface area contributed by atoms with Gasteiger partial charge in [-0.05, 0) is 25.1 Å². The highest BCUT2D eigenvalue weighted by molar-refractivity contribution is 7.15. The van der Waals surface area contributed by atoms with Crippen LogP contribution in [0.5, 0.6) is 0 Å². The van der Waals surface area contributed by atoms with Crippen molar-refractivity contribution in [2.45, 2.75) is 6.92 Å². The van der Waals surface area contributed by atoms with Gasteiger partial charge in [-0.2, -0.15) is 0 Å². The van der Waals surface area contributed by atoms with Gasteiger partial charge in [0.25, 0.3) is 0 Å². The molecule has 20 heavy (non-hydrogen) atoms. The molecule has 100 valence electrons. The van der Waals surface area contributed by atoms with Crippen molar-refractivity contribution in [1.29, 1.82) is 0 Å². The number of hydrogen-bond acceptors (Lipinski definition) is 3. The molecule has 0 atom stereocenters. The predicted octanol–water partition coefficient (Wildman–Crippen LogP) is 4.25. The molecule has 5 heteroatoms. The Balaban J connectivity index is 1.92. The molecule has 0 unspecified atom stereocenters. The van der Waals surface area contributed by atoms with Crippen LogP contribution in [0.3, 0.4) is 0 Å². The lowest BCUT2D eigenvalue weighted by Gasteiger charge is -1.97. The van der Waals surface area contributed by atoms with E-state index < -0.39 is 0 Å². The highest BCUT2D eigenvalue weighted by Crippen LogP contribution is 2.22. The number of carbonyl (C=O) groups excluding carboxylic acids is 1. The molecular formula is C15H11ClN2OS. The maximum atomic E-state index is 12.1. The van der Waals surface area contributed by atoms with E-state index in [1.807, 2.05) is 41.1 Å². The fourth-order valence-electron chi connectivity index (χ4n) is 1.98. The molecule has 3 aromatic rings. The molecule has 0 aliphatic carbocycles. The number of ketones is 1. The molecule has 0 amide bonds. The van der Waals surface area contributed by atoms with E-state index in [4.69, 9.17) is 11.6 Å². The highest BCUT2D eigenvalue weighted by Gasteiger charge is 2.09. The predicted molar refractivity (Wildman–Crippen MR) is 82.6 cm³/mol. The van der Waals surface area contributed by atoms with Crippen molar-refractivity contribution >= 4 is 39.8 Å². The number of carbonyl (C=O) groups is 1. The van der Waals surface area contributed by atoms with Crippen LogP contribution in [0.1, 0.15) is 21.6 Å². The molecule has 3 rings (SSSR count). The van der Waals surface area contributed by atoms with Crippen LogP contribution in [-0.4, -0.2) is 15.2 Å². The van der Waals surface area contributed by atoms with Crippen LogP contribution in [-0.2, 0) is 0 Å². The zero-order valence-electron chi connectivity index (χ0n) is 10.7. The van der Waals surface area contributed by atoms with Gasteiger partial charge in [-0.25, -0.2) is 4.98 Å². The number of aromatic nitrogens is 2. The molecule has 2 aromatic heterocycles. The van der Waals surface area contributed by atoms with Gasteiger partial charge in [0.15, 0.2) is 15.9 Å². The quantitative estimate of drug-likeness (QED) is 0.535. The maximum Gasteiger partial charge on any atom is 0.195 e. The number of nitrogens with zero attached hydrogens (tertiary/aromatic N) is 2. The summed E-state index contributed by atoms with van der Waals surface area (Å²) in [6, 6.07) is 7.51. The van der Waals surface area contributed by atoms with Gasteiger partial charge in [0.05, 0.1) is 5.69 Å². The van der Waals surface area contributed by atoms with Gasteiger partial charge in [-0.1, -0.05) is 35.4 Å². The zero-order chi connectivity index (χ0) is 14.1. The fraction of sp³-hybridized carbons (Fsp3) is 0.0667. The molecule has 0 bridgehead atoms. The second-order valence-electron chi connectivity index (χ2n) is 4.41. The lowest BCUT2D eigenvalue weighted by atomic mass is 10.1. The summed E-state index contributed by atoms with van der Waals surface area (Å²) in [6.07, 6.45) is 5.12. The normalized spacial score (nSPS) is 11.5. The molecule has 2 heterocycles. The van der Waals surface area contributed by atoms with Gasteiger partial charge in [0.2, 0.25) is 0 Å². The first kappa shape index (κ1) is 13.1. The van der Waals surface area contributed by atoms with Gasteiger partial charge < -0.3 is 0 Å². The van der Waals surface area contributed by atoms with Gasteiger partial charge in [-0.15, -0.1) is 11.3 Å². The molecular weight excluding hydrogens is 292 g/mol. The van der Waals surface area contributed by atoms with E-state index >= 15 is 0 Å². The number of halogens is 1. The molecule has 0 spiro atoms. The van der Waals surface area contributed by atoms with E-state index in [9.17, 15) is 4.79 Å². The first-order valence-corrected chi connectivity index (χ1v) is 7.31. The van der Waals surface area contributed by atoms with Crippen molar-refractivity contribution in [2.75, 3.05) is 0 Å². The minimum absolute atomic E-state index is 0.0463. The summed E-state index contributed by atoms with van der Waals surface area (Å²) in [5.74, 6) is -0.0463. The Morgan fingerprint density at radius 2 is 2.30 bits per heavy atom. The summed E-state index contributed by atoms with van der Waals surface area (Å²) >= 11 is 7.58. The van der Waals surface area contributed by atoms with Crippen molar-refractivity contribution < 1.29 is 4.79 Å². The van der Waals surface area contributed by atoms with E-state index in [-0.39, 0.29) is 5.78 Å². The molecule has 0 aliphatic heterocycles. The fourth-order valence-corrected chi connectivity index (χ4v) is 2.98. The summed E-state index contributed by atoms with van der Waals surface area (Å²) < 4.78 is 1.87. The van der Waals surface area contributed by atoms with Crippen molar-refractivity contribution in [3.63, 3.8) is 0 Å². The number of rotatable bonds is 3. The van der Waals surface area contributed by atoms with Gasteiger partial charge >= 0.3 is 0 Å². The van der Waals surface area contributed by atoms with Crippen LogP contribution in [0.25, 0.3) is 11.0 Å². The summed E-state index contributed by atoms with van der Waals surface area (Å²) in [5, 5.41) is 2.34. The van der Waals surface area contributed by atoms with Crippen LogP contribution >= 0.6 is 22.9 Å². The number of hydrogen-bond donors (Lipinski definition) is 0. The van der Waals surface area contributed by atoms with Crippen LogP contribution < -0.4 is 0 Å². The standard InChI is InChI=1S/C15H11ClN2OS/c1-10-3-2-4-11(9-10)13(19)6-5-12-14(16)17-15-18(12)7-8-20-15/h2-9H,1H3/b6-5+. The smallest absolute Gasteiger partial charge is 0.195 e. The zero-order valence-corrected chi connectivity index (χ0v) is 12.3. The van der Waals surface area contributed by atoms with Crippen LogP contribution in [0, 0.1) is 6.92 Å².